The van der Waals surface area contributed by atoms with Gasteiger partial charge in [0.15, 0.2) is 0 Å². The zero-order valence-corrected chi connectivity index (χ0v) is 8.94. The average Bonchev–Trinajstić information content (AvgIpc) is 2.72. The van der Waals surface area contributed by atoms with Crippen molar-refractivity contribution in [1.29, 1.82) is 0 Å². The summed E-state index contributed by atoms with van der Waals surface area (Å²) < 4.78 is 0. The van der Waals surface area contributed by atoms with Crippen LogP contribution in [-0.4, -0.2) is 6.04 Å². The third kappa shape index (κ3) is 2.32. The van der Waals surface area contributed by atoms with Crippen molar-refractivity contribution in [1.82, 2.24) is 5.32 Å². The van der Waals surface area contributed by atoms with Crippen LogP contribution in [0.5, 0.6) is 0 Å². The maximum atomic E-state index is 3.64. The largest absolute Gasteiger partial charge is 0.309 e. The lowest BCUT2D eigenvalue weighted by molar-refractivity contribution is 0.427. The van der Waals surface area contributed by atoms with Crippen LogP contribution in [0.25, 0.3) is 0 Å². The topological polar surface area (TPSA) is 12.0 Å². The van der Waals surface area contributed by atoms with Gasteiger partial charge in [-0.05, 0) is 30.2 Å². The highest BCUT2D eigenvalue weighted by Crippen LogP contribution is 2.25. The van der Waals surface area contributed by atoms with Gasteiger partial charge in [0.05, 0.1) is 0 Å². The number of hydrogen-bond donors (Lipinski definition) is 1. The molecule has 0 bridgehead atoms. The molecule has 1 aliphatic carbocycles. The van der Waals surface area contributed by atoms with Crippen molar-refractivity contribution in [3.63, 3.8) is 0 Å². The Balaban J connectivity index is 1.79. The average molecular weight is 195 g/mol. The highest BCUT2D eigenvalue weighted by atomic mass is 32.1. The Bertz CT molecular complexity index is 243. The summed E-state index contributed by atoms with van der Waals surface area (Å²) in [7, 11) is 0. The third-order valence-corrected chi connectivity index (χ3v) is 3.86. The summed E-state index contributed by atoms with van der Waals surface area (Å²) in [6.45, 7) is 3.42. The minimum Gasteiger partial charge on any atom is -0.309 e. The molecule has 0 radical (unpaired) electrons. The Morgan fingerprint density at radius 1 is 1.54 bits per heavy atom. The first-order valence-electron chi connectivity index (χ1n) is 5.12. The molecule has 0 aromatic carbocycles. The fraction of sp³-hybridized carbons (Fsp3) is 0.636. The molecule has 0 saturated heterocycles. The van der Waals surface area contributed by atoms with E-state index in [1.165, 1.54) is 24.1 Å². The minimum atomic E-state index is 0.766. The monoisotopic (exact) mass is 195 g/mol. The van der Waals surface area contributed by atoms with E-state index in [2.05, 4.69) is 29.8 Å². The Hall–Kier alpha value is -0.340. The Morgan fingerprint density at radius 3 is 3.08 bits per heavy atom. The molecule has 2 rings (SSSR count). The molecule has 1 aromatic rings. The van der Waals surface area contributed by atoms with Gasteiger partial charge in [-0.2, -0.15) is 0 Å². The van der Waals surface area contributed by atoms with Crippen LogP contribution in [-0.2, 0) is 6.54 Å². The van der Waals surface area contributed by atoms with Crippen molar-refractivity contribution in [2.75, 3.05) is 0 Å². The molecule has 0 aliphatic heterocycles. The van der Waals surface area contributed by atoms with Crippen LogP contribution in [0.3, 0.4) is 0 Å². The number of nitrogens with one attached hydrogen (secondary N) is 1. The fourth-order valence-corrected chi connectivity index (χ4v) is 2.75. The Labute approximate surface area is 84.2 Å². The maximum Gasteiger partial charge on any atom is 0.0302 e. The SMILES string of the molecule is CC1CCCC1NCc1cccs1. The first kappa shape index (κ1) is 9.22. The second-order valence-electron chi connectivity index (χ2n) is 3.97. The second-order valence-corrected chi connectivity index (χ2v) is 5.01. The van der Waals surface area contributed by atoms with Crippen molar-refractivity contribution in [2.24, 2.45) is 5.92 Å². The van der Waals surface area contributed by atoms with Gasteiger partial charge in [-0.1, -0.05) is 19.4 Å². The molecule has 1 saturated carbocycles. The third-order valence-electron chi connectivity index (χ3n) is 2.98. The van der Waals surface area contributed by atoms with Gasteiger partial charge in [-0.3, -0.25) is 0 Å². The van der Waals surface area contributed by atoms with Gasteiger partial charge in [0.25, 0.3) is 0 Å². The molecular weight excluding hydrogens is 178 g/mol. The van der Waals surface area contributed by atoms with Gasteiger partial charge in [0, 0.05) is 17.5 Å². The molecule has 1 fully saturated rings. The molecule has 13 heavy (non-hydrogen) atoms. The van der Waals surface area contributed by atoms with E-state index in [4.69, 9.17) is 0 Å². The zero-order chi connectivity index (χ0) is 9.10. The van der Waals surface area contributed by atoms with E-state index in [-0.39, 0.29) is 0 Å². The van der Waals surface area contributed by atoms with Crippen LogP contribution in [0.15, 0.2) is 17.5 Å². The lowest BCUT2D eigenvalue weighted by Gasteiger charge is -2.16. The smallest absolute Gasteiger partial charge is 0.0302 e. The highest BCUT2D eigenvalue weighted by molar-refractivity contribution is 7.09. The zero-order valence-electron chi connectivity index (χ0n) is 8.12. The highest BCUT2D eigenvalue weighted by Gasteiger charge is 2.22. The molecule has 2 heteroatoms. The van der Waals surface area contributed by atoms with Crippen LogP contribution in [0.2, 0.25) is 0 Å². The van der Waals surface area contributed by atoms with Gasteiger partial charge < -0.3 is 5.32 Å². The van der Waals surface area contributed by atoms with Crippen LogP contribution < -0.4 is 5.32 Å². The van der Waals surface area contributed by atoms with Crippen LogP contribution in [0.4, 0.5) is 0 Å². The van der Waals surface area contributed by atoms with Crippen LogP contribution in [0, 0.1) is 5.92 Å². The van der Waals surface area contributed by atoms with E-state index >= 15 is 0 Å². The summed E-state index contributed by atoms with van der Waals surface area (Å²) in [6.07, 6.45) is 4.18. The summed E-state index contributed by atoms with van der Waals surface area (Å²) >= 11 is 1.85. The van der Waals surface area contributed by atoms with E-state index in [1.54, 1.807) is 0 Å². The van der Waals surface area contributed by atoms with E-state index in [1.807, 2.05) is 11.3 Å². The fourth-order valence-electron chi connectivity index (χ4n) is 2.09. The second kappa shape index (κ2) is 4.25. The molecule has 1 N–H and O–H groups in total. The number of rotatable bonds is 3. The van der Waals surface area contributed by atoms with Crippen LogP contribution in [0.1, 0.15) is 31.1 Å². The van der Waals surface area contributed by atoms with Crippen molar-refractivity contribution in [3.05, 3.63) is 22.4 Å². The van der Waals surface area contributed by atoms with E-state index < -0.39 is 0 Å². The summed E-state index contributed by atoms with van der Waals surface area (Å²) in [4.78, 5) is 1.46. The summed E-state index contributed by atoms with van der Waals surface area (Å²) in [5.41, 5.74) is 0. The first-order chi connectivity index (χ1) is 6.36. The molecule has 72 valence electrons. The molecule has 1 nitrogen and oxygen atoms in total. The summed E-state index contributed by atoms with van der Waals surface area (Å²) in [5.74, 6) is 0.875. The molecule has 1 heterocycles. The standard InChI is InChI=1S/C11H17NS/c1-9-4-2-6-11(9)12-8-10-5-3-7-13-10/h3,5,7,9,11-12H,2,4,6,8H2,1H3. The summed E-state index contributed by atoms with van der Waals surface area (Å²) in [5, 5.41) is 5.79. The predicted molar refractivity (Wildman–Crippen MR) is 58.0 cm³/mol. The lowest BCUT2D eigenvalue weighted by atomic mass is 10.1. The molecule has 0 spiro atoms. The van der Waals surface area contributed by atoms with Gasteiger partial charge in [-0.15, -0.1) is 11.3 Å². The van der Waals surface area contributed by atoms with E-state index in [0.29, 0.717) is 0 Å². The first-order valence-corrected chi connectivity index (χ1v) is 6.00. The van der Waals surface area contributed by atoms with Crippen molar-refractivity contribution in [3.8, 4) is 0 Å². The Morgan fingerprint density at radius 2 is 2.46 bits per heavy atom. The van der Waals surface area contributed by atoms with Crippen molar-refractivity contribution >= 4 is 11.3 Å². The van der Waals surface area contributed by atoms with Gasteiger partial charge >= 0.3 is 0 Å². The summed E-state index contributed by atoms with van der Waals surface area (Å²) in [6, 6.07) is 5.10. The van der Waals surface area contributed by atoms with Crippen molar-refractivity contribution < 1.29 is 0 Å². The quantitative estimate of drug-likeness (QED) is 0.781. The number of thiophene rings is 1. The van der Waals surface area contributed by atoms with Gasteiger partial charge in [0.1, 0.15) is 0 Å². The molecular formula is C11H17NS. The maximum absolute atomic E-state index is 3.64. The van der Waals surface area contributed by atoms with Crippen LogP contribution >= 0.6 is 11.3 Å². The molecule has 2 atom stereocenters. The van der Waals surface area contributed by atoms with Gasteiger partial charge in [-0.25, -0.2) is 0 Å². The number of hydrogen-bond acceptors (Lipinski definition) is 2. The molecule has 2 unspecified atom stereocenters. The van der Waals surface area contributed by atoms with E-state index in [9.17, 15) is 0 Å². The minimum absolute atomic E-state index is 0.766. The van der Waals surface area contributed by atoms with Gasteiger partial charge in [0.2, 0.25) is 0 Å². The Kier molecular flexibility index (Phi) is 3.01. The molecule has 1 aliphatic rings. The normalized spacial score (nSPS) is 28.1. The predicted octanol–water partition coefficient (Wildman–Crippen LogP) is 3.03. The van der Waals surface area contributed by atoms with E-state index in [0.717, 1.165) is 18.5 Å². The molecule has 0 amide bonds. The molecule has 1 aromatic heterocycles. The lowest BCUT2D eigenvalue weighted by Crippen LogP contribution is -2.30. The van der Waals surface area contributed by atoms with Crippen molar-refractivity contribution in [2.45, 2.75) is 38.8 Å².